The van der Waals surface area contributed by atoms with Gasteiger partial charge in [-0.15, -0.1) is 0 Å². The SMILES string of the molecule is c1ccc(-c2ccc(N3c4ccc(-c5ccc6ccc7cccnc7c6n5)cc4Sc4cc(-c5ccc6ccc7cccnc7c6n5)ccc43)cc2)cc1. The topological polar surface area (TPSA) is 54.8 Å². The summed E-state index contributed by atoms with van der Waals surface area (Å²) in [6.07, 6.45) is 3.68. The second kappa shape index (κ2) is 12.4. The number of anilines is 3. The average Bonchev–Trinajstić information content (AvgIpc) is 3.25. The van der Waals surface area contributed by atoms with Gasteiger partial charge in [-0.1, -0.05) is 115 Å². The lowest BCUT2D eigenvalue weighted by Gasteiger charge is -2.33. The van der Waals surface area contributed by atoms with E-state index in [0.717, 1.165) is 93.0 Å². The van der Waals surface area contributed by atoms with E-state index in [4.69, 9.17) is 19.9 Å². The van der Waals surface area contributed by atoms with Crippen LogP contribution in [0.4, 0.5) is 17.1 Å². The smallest absolute Gasteiger partial charge is 0.0972 e. The van der Waals surface area contributed by atoms with E-state index < -0.39 is 0 Å². The molecule has 0 bridgehead atoms. The van der Waals surface area contributed by atoms with Crippen LogP contribution in [0.3, 0.4) is 0 Å². The number of hydrogen-bond donors (Lipinski definition) is 0. The Balaban J connectivity index is 1.05. The van der Waals surface area contributed by atoms with Crippen molar-refractivity contribution in [2.75, 3.05) is 4.90 Å². The maximum absolute atomic E-state index is 5.18. The van der Waals surface area contributed by atoms with Gasteiger partial charge in [0.15, 0.2) is 0 Å². The predicted molar refractivity (Wildman–Crippen MR) is 223 cm³/mol. The molecule has 0 fully saturated rings. The zero-order chi connectivity index (χ0) is 35.6. The molecule has 54 heavy (non-hydrogen) atoms. The third-order valence-corrected chi connectivity index (χ3v) is 11.4. The number of fused-ring (bicyclic) bond motifs is 8. The van der Waals surface area contributed by atoms with Crippen molar-refractivity contribution >= 4 is 72.4 Å². The second-order valence-electron chi connectivity index (χ2n) is 13.5. The molecule has 1 aliphatic heterocycles. The van der Waals surface area contributed by atoms with Crippen LogP contribution in [0.2, 0.25) is 0 Å². The Hall–Kier alpha value is -6.89. The zero-order valence-corrected chi connectivity index (χ0v) is 29.7. The van der Waals surface area contributed by atoms with Crippen LogP contribution in [0.5, 0.6) is 0 Å². The van der Waals surface area contributed by atoms with Gasteiger partial charge in [0.05, 0.1) is 44.8 Å². The Morgan fingerprint density at radius 2 is 0.833 bits per heavy atom. The molecule has 0 radical (unpaired) electrons. The maximum atomic E-state index is 5.18. The van der Waals surface area contributed by atoms with Crippen LogP contribution in [0.1, 0.15) is 0 Å². The predicted octanol–water partition coefficient (Wildman–Crippen LogP) is 12.8. The number of nitrogens with zero attached hydrogens (tertiary/aromatic N) is 5. The first-order chi connectivity index (χ1) is 26.7. The first-order valence-corrected chi connectivity index (χ1v) is 18.8. The first kappa shape index (κ1) is 30.7. The lowest BCUT2D eigenvalue weighted by molar-refractivity contribution is 1.16. The molecule has 0 unspecified atom stereocenters. The lowest BCUT2D eigenvalue weighted by atomic mass is 10.0. The Kier molecular flexibility index (Phi) is 7.03. The molecule has 0 spiro atoms. The quantitative estimate of drug-likeness (QED) is 0.170. The fraction of sp³-hybridized carbons (Fsp3) is 0. The third-order valence-electron chi connectivity index (χ3n) is 10.3. The largest absolute Gasteiger partial charge is 0.308 e. The van der Waals surface area contributed by atoms with Crippen LogP contribution < -0.4 is 4.90 Å². The van der Waals surface area contributed by atoms with E-state index in [-0.39, 0.29) is 0 Å². The van der Waals surface area contributed by atoms with Gasteiger partial charge in [0.25, 0.3) is 0 Å². The number of rotatable bonds is 4. The van der Waals surface area contributed by atoms with E-state index in [1.807, 2.05) is 24.5 Å². The average molecular weight is 708 g/mol. The molecule has 11 rings (SSSR count). The molecule has 5 nitrogen and oxygen atoms in total. The van der Waals surface area contributed by atoms with E-state index >= 15 is 0 Å². The molecule has 6 aromatic carbocycles. The van der Waals surface area contributed by atoms with Gasteiger partial charge in [0, 0.05) is 60.5 Å². The Morgan fingerprint density at radius 1 is 0.370 bits per heavy atom. The van der Waals surface area contributed by atoms with E-state index in [2.05, 4.69) is 157 Å². The van der Waals surface area contributed by atoms with Crippen LogP contribution >= 0.6 is 11.8 Å². The molecule has 0 atom stereocenters. The van der Waals surface area contributed by atoms with Crippen molar-refractivity contribution in [2.24, 2.45) is 0 Å². The summed E-state index contributed by atoms with van der Waals surface area (Å²) in [5.74, 6) is 0. The molecule has 10 aromatic rings. The highest BCUT2D eigenvalue weighted by Gasteiger charge is 2.26. The van der Waals surface area contributed by atoms with Crippen LogP contribution in [0.25, 0.3) is 77.3 Å². The maximum Gasteiger partial charge on any atom is 0.0972 e. The van der Waals surface area contributed by atoms with Gasteiger partial charge in [0.2, 0.25) is 0 Å². The summed E-state index contributed by atoms with van der Waals surface area (Å²) in [6.45, 7) is 0. The highest BCUT2D eigenvalue weighted by Crippen LogP contribution is 2.53. The Labute approximate surface area is 315 Å². The third kappa shape index (κ3) is 5.11. The summed E-state index contributed by atoms with van der Waals surface area (Å²) in [4.78, 5) is 24.4. The first-order valence-electron chi connectivity index (χ1n) is 17.9. The van der Waals surface area contributed by atoms with E-state index in [9.17, 15) is 0 Å². The minimum absolute atomic E-state index is 0.914. The molecule has 4 aromatic heterocycles. The molecule has 0 saturated carbocycles. The number of aromatic nitrogens is 4. The summed E-state index contributed by atoms with van der Waals surface area (Å²) >= 11 is 1.79. The van der Waals surface area contributed by atoms with Crippen LogP contribution in [-0.2, 0) is 0 Å². The zero-order valence-electron chi connectivity index (χ0n) is 28.9. The summed E-state index contributed by atoms with van der Waals surface area (Å²) in [6, 6.07) is 57.9. The molecular formula is C48H29N5S. The summed E-state index contributed by atoms with van der Waals surface area (Å²) in [7, 11) is 0. The molecular weight excluding hydrogens is 679 g/mol. The van der Waals surface area contributed by atoms with Gasteiger partial charge < -0.3 is 4.90 Å². The molecule has 5 heterocycles. The monoisotopic (exact) mass is 707 g/mol. The molecule has 0 aliphatic carbocycles. The summed E-state index contributed by atoms with van der Waals surface area (Å²) in [5, 5.41) is 4.33. The van der Waals surface area contributed by atoms with Crippen LogP contribution in [0.15, 0.2) is 186 Å². The van der Waals surface area contributed by atoms with E-state index in [1.54, 1.807) is 11.8 Å². The highest BCUT2D eigenvalue weighted by atomic mass is 32.2. The molecule has 0 amide bonds. The molecule has 1 aliphatic rings. The van der Waals surface area contributed by atoms with Gasteiger partial charge >= 0.3 is 0 Å². The van der Waals surface area contributed by atoms with Crippen LogP contribution in [-0.4, -0.2) is 19.9 Å². The summed E-state index contributed by atoms with van der Waals surface area (Å²) < 4.78 is 0. The summed E-state index contributed by atoms with van der Waals surface area (Å²) in [5.41, 5.74) is 13.4. The normalized spacial score (nSPS) is 12.3. The molecule has 0 saturated heterocycles. The fourth-order valence-corrected chi connectivity index (χ4v) is 8.75. The molecule has 0 N–H and O–H groups in total. The fourth-order valence-electron chi connectivity index (χ4n) is 7.61. The van der Waals surface area contributed by atoms with Gasteiger partial charge in [-0.2, -0.15) is 0 Å². The van der Waals surface area contributed by atoms with Crippen LogP contribution in [0, 0.1) is 0 Å². The highest BCUT2D eigenvalue weighted by molar-refractivity contribution is 7.99. The molecule has 252 valence electrons. The molecule has 6 heteroatoms. The minimum atomic E-state index is 0.914. The van der Waals surface area contributed by atoms with Crippen molar-refractivity contribution in [3.63, 3.8) is 0 Å². The van der Waals surface area contributed by atoms with Gasteiger partial charge in [0.1, 0.15) is 0 Å². The Morgan fingerprint density at radius 3 is 1.37 bits per heavy atom. The number of hydrogen-bond acceptors (Lipinski definition) is 6. The Bertz CT molecular complexity index is 2920. The lowest BCUT2D eigenvalue weighted by Crippen LogP contribution is -2.15. The van der Waals surface area contributed by atoms with Gasteiger partial charge in [-0.3, -0.25) is 9.97 Å². The van der Waals surface area contributed by atoms with Gasteiger partial charge in [-0.05, 0) is 71.8 Å². The van der Waals surface area contributed by atoms with Crippen molar-refractivity contribution in [1.29, 1.82) is 0 Å². The van der Waals surface area contributed by atoms with Crippen molar-refractivity contribution in [3.8, 4) is 33.6 Å². The van der Waals surface area contributed by atoms with Crippen molar-refractivity contribution in [3.05, 3.63) is 176 Å². The van der Waals surface area contributed by atoms with E-state index in [0.29, 0.717) is 0 Å². The van der Waals surface area contributed by atoms with E-state index in [1.165, 1.54) is 11.1 Å². The van der Waals surface area contributed by atoms with Crippen molar-refractivity contribution in [1.82, 2.24) is 19.9 Å². The number of benzene rings is 6. The van der Waals surface area contributed by atoms with Crippen molar-refractivity contribution < 1.29 is 0 Å². The van der Waals surface area contributed by atoms with Gasteiger partial charge in [-0.25, -0.2) is 9.97 Å². The standard InChI is InChI=1S/C48H29N5S/c1-2-6-30(7-3-1)31-14-20-38(21-15-31)53-41-24-18-36(39-22-16-34-12-10-32-8-4-26-49-45(32)47(34)51-39)28-43(41)54-44-29-37(19-25-42(44)53)40-23-17-35-13-11-33-9-5-27-50-46(33)48(35)52-40/h1-29H. The minimum Gasteiger partial charge on any atom is -0.308 e. The number of pyridine rings is 4. The second-order valence-corrected chi connectivity index (χ2v) is 14.6. The van der Waals surface area contributed by atoms with Crippen molar-refractivity contribution in [2.45, 2.75) is 9.79 Å².